The minimum Gasteiger partial charge on any atom is -0.279 e. The van der Waals surface area contributed by atoms with Crippen LogP contribution in [0.2, 0.25) is 10.0 Å². The second kappa shape index (κ2) is 6.51. The van der Waals surface area contributed by atoms with Gasteiger partial charge >= 0.3 is 0 Å². The van der Waals surface area contributed by atoms with Gasteiger partial charge in [-0.15, -0.1) is 0 Å². The van der Waals surface area contributed by atoms with Crippen molar-refractivity contribution in [1.29, 1.82) is 0 Å². The molecule has 0 amide bonds. The molecule has 0 aromatic heterocycles. The van der Waals surface area contributed by atoms with E-state index in [4.69, 9.17) is 23.2 Å². The van der Waals surface area contributed by atoms with Crippen LogP contribution in [0.4, 0.5) is 11.4 Å². The van der Waals surface area contributed by atoms with Gasteiger partial charge in [-0.1, -0.05) is 41.4 Å². The number of benzene rings is 3. The van der Waals surface area contributed by atoms with Gasteiger partial charge in [-0.3, -0.25) is 14.8 Å². The van der Waals surface area contributed by atoms with E-state index < -0.39 is 14.9 Å². The van der Waals surface area contributed by atoms with Crippen LogP contribution in [-0.4, -0.2) is 13.3 Å². The first-order valence-corrected chi connectivity index (χ1v) is 9.17. The fourth-order valence-corrected chi connectivity index (χ4v) is 4.27. The Morgan fingerprint density at radius 3 is 2.36 bits per heavy atom. The molecular weight excluding hydrogens is 387 g/mol. The van der Waals surface area contributed by atoms with Crippen LogP contribution >= 0.6 is 23.2 Å². The van der Waals surface area contributed by atoms with Crippen molar-refractivity contribution in [3.8, 4) is 0 Å². The number of halogens is 2. The van der Waals surface area contributed by atoms with Crippen LogP contribution in [0.3, 0.4) is 0 Å². The van der Waals surface area contributed by atoms with Crippen LogP contribution in [0.15, 0.2) is 59.5 Å². The molecule has 0 radical (unpaired) electrons. The molecule has 0 saturated carbocycles. The van der Waals surface area contributed by atoms with Crippen LogP contribution < -0.4 is 4.72 Å². The molecule has 0 saturated heterocycles. The van der Waals surface area contributed by atoms with Crippen molar-refractivity contribution in [2.75, 3.05) is 4.72 Å². The first kappa shape index (κ1) is 17.5. The van der Waals surface area contributed by atoms with Crippen molar-refractivity contribution < 1.29 is 13.3 Å². The SMILES string of the molecule is O=[N+]([O-])c1cccc2c(NS(=O)(=O)c3cc(Cl)ccc3Cl)cccc12. The highest BCUT2D eigenvalue weighted by Crippen LogP contribution is 2.33. The number of nitrogens with one attached hydrogen (secondary N) is 1. The molecule has 25 heavy (non-hydrogen) atoms. The number of anilines is 1. The summed E-state index contributed by atoms with van der Waals surface area (Å²) in [5.41, 5.74) is 0.0941. The first-order chi connectivity index (χ1) is 11.8. The molecular formula is C16H10Cl2N2O4S. The Hall–Kier alpha value is -2.35. The molecule has 3 aromatic rings. The average Bonchev–Trinajstić information content (AvgIpc) is 2.56. The quantitative estimate of drug-likeness (QED) is 0.503. The third-order valence-electron chi connectivity index (χ3n) is 3.52. The Morgan fingerprint density at radius 2 is 1.64 bits per heavy atom. The summed E-state index contributed by atoms with van der Waals surface area (Å²) in [5.74, 6) is 0. The molecule has 1 N–H and O–H groups in total. The lowest BCUT2D eigenvalue weighted by Gasteiger charge is -2.12. The zero-order chi connectivity index (χ0) is 18.2. The van der Waals surface area contributed by atoms with Gasteiger partial charge in [0.25, 0.3) is 15.7 Å². The second-order valence-corrected chi connectivity index (χ2v) is 7.61. The fraction of sp³-hybridized carbons (Fsp3) is 0. The maximum Gasteiger partial charge on any atom is 0.277 e. The molecule has 0 heterocycles. The van der Waals surface area contributed by atoms with Crippen LogP contribution in [0.5, 0.6) is 0 Å². The van der Waals surface area contributed by atoms with Gasteiger partial charge in [-0.05, 0) is 30.3 Å². The van der Waals surface area contributed by atoms with Gasteiger partial charge in [0, 0.05) is 16.5 Å². The first-order valence-electron chi connectivity index (χ1n) is 6.93. The van der Waals surface area contributed by atoms with Crippen molar-refractivity contribution in [2.45, 2.75) is 4.90 Å². The summed E-state index contributed by atoms with van der Waals surface area (Å²) in [6, 6.07) is 13.1. The van der Waals surface area contributed by atoms with Gasteiger partial charge in [0.15, 0.2) is 0 Å². The molecule has 0 unspecified atom stereocenters. The molecule has 128 valence electrons. The number of sulfonamides is 1. The lowest BCUT2D eigenvalue weighted by Crippen LogP contribution is -2.13. The van der Waals surface area contributed by atoms with E-state index in [2.05, 4.69) is 4.72 Å². The molecule has 0 aliphatic carbocycles. The standard InChI is InChI=1S/C16H10Cl2N2O4S/c17-10-7-8-13(18)16(9-10)25(23,24)19-14-5-1-4-12-11(14)3-2-6-15(12)20(21)22/h1-9,19H. The summed E-state index contributed by atoms with van der Waals surface area (Å²) >= 11 is 11.8. The average molecular weight is 397 g/mol. The molecule has 3 rings (SSSR count). The van der Waals surface area contributed by atoms with Crippen LogP contribution in [0, 0.1) is 10.1 Å². The number of nitro benzene ring substituents is 1. The number of fused-ring (bicyclic) bond motifs is 1. The van der Waals surface area contributed by atoms with E-state index >= 15 is 0 Å². The van der Waals surface area contributed by atoms with Crippen molar-refractivity contribution in [1.82, 2.24) is 0 Å². The monoisotopic (exact) mass is 396 g/mol. The Labute approximate surface area is 153 Å². The highest BCUT2D eigenvalue weighted by molar-refractivity contribution is 7.92. The van der Waals surface area contributed by atoms with Gasteiger partial charge in [-0.2, -0.15) is 0 Å². The number of nitrogens with zero attached hydrogens (tertiary/aromatic N) is 1. The molecule has 0 fully saturated rings. The van der Waals surface area contributed by atoms with E-state index in [0.29, 0.717) is 10.8 Å². The van der Waals surface area contributed by atoms with Crippen LogP contribution in [0.25, 0.3) is 10.8 Å². The largest absolute Gasteiger partial charge is 0.279 e. The van der Waals surface area contributed by atoms with Crippen LogP contribution in [0.1, 0.15) is 0 Å². The number of non-ortho nitro benzene ring substituents is 1. The van der Waals surface area contributed by atoms with Crippen molar-refractivity contribution in [3.05, 3.63) is 74.8 Å². The molecule has 0 spiro atoms. The van der Waals surface area contributed by atoms with E-state index in [-0.39, 0.29) is 26.3 Å². The predicted octanol–water partition coefficient (Wildman–Crippen LogP) is 4.86. The van der Waals surface area contributed by atoms with Gasteiger partial charge in [0.1, 0.15) is 4.90 Å². The third-order valence-corrected chi connectivity index (χ3v) is 5.61. The third kappa shape index (κ3) is 3.39. The molecule has 6 nitrogen and oxygen atoms in total. The summed E-state index contributed by atoms with van der Waals surface area (Å²) in [6.07, 6.45) is 0. The maximum absolute atomic E-state index is 12.6. The van der Waals surface area contributed by atoms with Gasteiger partial charge in [0.05, 0.1) is 21.0 Å². The summed E-state index contributed by atoms with van der Waals surface area (Å²) in [4.78, 5) is 10.5. The number of rotatable bonds is 4. The lowest BCUT2D eigenvalue weighted by molar-refractivity contribution is -0.383. The van der Waals surface area contributed by atoms with Gasteiger partial charge in [0.2, 0.25) is 0 Å². The minimum atomic E-state index is -4.03. The summed E-state index contributed by atoms with van der Waals surface area (Å²) in [5, 5.41) is 12.1. The van der Waals surface area contributed by atoms with Crippen LogP contribution in [-0.2, 0) is 10.0 Å². The second-order valence-electron chi connectivity index (χ2n) is 5.12. The summed E-state index contributed by atoms with van der Waals surface area (Å²) in [7, 11) is -4.03. The molecule has 0 aliphatic rings. The predicted molar refractivity (Wildman–Crippen MR) is 97.9 cm³/mol. The Kier molecular flexibility index (Phi) is 4.55. The van der Waals surface area contributed by atoms with Gasteiger partial charge in [-0.25, -0.2) is 8.42 Å². The van der Waals surface area contributed by atoms with Crippen molar-refractivity contribution >= 4 is 55.4 Å². The highest BCUT2D eigenvalue weighted by atomic mass is 35.5. The van der Waals surface area contributed by atoms with Gasteiger partial charge < -0.3 is 0 Å². The molecule has 9 heteroatoms. The van der Waals surface area contributed by atoms with E-state index in [1.807, 2.05) is 0 Å². The maximum atomic E-state index is 12.6. The highest BCUT2D eigenvalue weighted by Gasteiger charge is 2.21. The molecule has 0 bridgehead atoms. The zero-order valence-corrected chi connectivity index (χ0v) is 14.8. The topological polar surface area (TPSA) is 89.3 Å². The minimum absolute atomic E-state index is 0.0168. The van der Waals surface area contributed by atoms with E-state index in [1.54, 1.807) is 12.1 Å². The smallest absolute Gasteiger partial charge is 0.277 e. The molecule has 0 atom stereocenters. The van der Waals surface area contributed by atoms with Crippen molar-refractivity contribution in [3.63, 3.8) is 0 Å². The molecule has 0 aliphatic heterocycles. The molecule has 3 aromatic carbocycles. The Morgan fingerprint density at radius 1 is 0.960 bits per heavy atom. The summed E-state index contributed by atoms with van der Waals surface area (Å²) < 4.78 is 27.7. The number of hydrogen-bond acceptors (Lipinski definition) is 4. The lowest BCUT2D eigenvalue weighted by atomic mass is 10.1. The Bertz CT molecular complexity index is 1100. The normalized spacial score (nSPS) is 11.4. The zero-order valence-electron chi connectivity index (χ0n) is 12.4. The van der Waals surface area contributed by atoms with E-state index in [1.165, 1.54) is 42.5 Å². The van der Waals surface area contributed by atoms with Crippen molar-refractivity contribution in [2.24, 2.45) is 0 Å². The Balaban J connectivity index is 2.13. The number of nitro groups is 1. The van der Waals surface area contributed by atoms with E-state index in [9.17, 15) is 18.5 Å². The number of hydrogen-bond donors (Lipinski definition) is 1. The fourth-order valence-electron chi connectivity index (χ4n) is 2.42. The van der Waals surface area contributed by atoms with E-state index in [0.717, 1.165) is 0 Å². The summed E-state index contributed by atoms with van der Waals surface area (Å²) in [6.45, 7) is 0.